The molecule has 3 N–H and O–H groups in total. The second-order valence-electron chi connectivity index (χ2n) is 7.93. The molecule has 0 aliphatic carbocycles. The van der Waals surface area contributed by atoms with Crippen LogP contribution in [0.25, 0.3) is 0 Å². The maximum atomic E-state index is 12.6. The summed E-state index contributed by atoms with van der Waals surface area (Å²) in [5.74, 6) is -1.01. The number of fused-ring (bicyclic) bond motifs is 2. The van der Waals surface area contributed by atoms with Gasteiger partial charge in [0.25, 0.3) is 0 Å². The van der Waals surface area contributed by atoms with Gasteiger partial charge in [0, 0.05) is 25.7 Å². The molecule has 0 saturated carbocycles. The lowest BCUT2D eigenvalue weighted by Gasteiger charge is -2.47. The van der Waals surface area contributed by atoms with Gasteiger partial charge in [-0.1, -0.05) is 30.3 Å². The number of hydrogen-bond donors (Lipinski definition) is 3. The monoisotopic (exact) mass is 364 g/mol. The zero-order valence-electron chi connectivity index (χ0n) is 15.3. The molecule has 2 aliphatic rings. The lowest BCUT2D eigenvalue weighted by Crippen LogP contribution is -2.61. The predicted molar refractivity (Wildman–Crippen MR) is 96.3 cm³/mol. The van der Waals surface area contributed by atoms with Crippen molar-refractivity contribution in [1.29, 1.82) is 0 Å². The average Bonchev–Trinajstić information content (AvgIpc) is 2.81. The number of piperidine rings is 1. The summed E-state index contributed by atoms with van der Waals surface area (Å²) in [5.41, 5.74) is 0.769. The van der Waals surface area contributed by atoms with Gasteiger partial charge in [-0.2, -0.15) is 0 Å². The van der Waals surface area contributed by atoms with Crippen LogP contribution in [0.2, 0.25) is 0 Å². The zero-order chi connectivity index (χ0) is 18.7. The summed E-state index contributed by atoms with van der Waals surface area (Å²) >= 11 is 0. The number of quaternary nitrogens is 1. The molecule has 6 nitrogen and oxygen atoms in total. The molecule has 2 saturated heterocycles. The van der Waals surface area contributed by atoms with E-state index in [1.807, 2.05) is 30.3 Å². The Kier molecular flexibility index (Phi) is 5.97. The van der Waals surface area contributed by atoms with Gasteiger partial charge < -0.3 is 24.5 Å². The van der Waals surface area contributed by atoms with E-state index in [2.05, 4.69) is 7.05 Å². The standard InChI is InChI=1S/C20H30NO5/c1-21(11-17(24)12-22)15-7-8-16(21)10-18(9-15)26-20(25)19(13-23)14-5-3-2-4-6-14/h2-6,15-19,22-24H,7-13H2,1H3/q+1. The first kappa shape index (κ1) is 19.3. The molecule has 6 heteroatoms. The van der Waals surface area contributed by atoms with E-state index >= 15 is 0 Å². The van der Waals surface area contributed by atoms with Crippen molar-refractivity contribution in [1.82, 2.24) is 0 Å². The van der Waals surface area contributed by atoms with Gasteiger partial charge in [-0.25, -0.2) is 0 Å². The molecule has 1 aromatic rings. The minimum Gasteiger partial charge on any atom is -0.461 e. The molecule has 2 fully saturated rings. The largest absolute Gasteiger partial charge is 0.461 e. The van der Waals surface area contributed by atoms with Gasteiger partial charge in [0.05, 0.1) is 32.3 Å². The van der Waals surface area contributed by atoms with Crippen molar-refractivity contribution >= 4 is 5.97 Å². The highest BCUT2D eigenvalue weighted by atomic mass is 16.5. The van der Waals surface area contributed by atoms with Crippen LogP contribution in [-0.2, 0) is 9.53 Å². The number of benzene rings is 1. The van der Waals surface area contributed by atoms with Crippen LogP contribution in [0.4, 0.5) is 0 Å². The molecule has 3 rings (SSSR count). The molecule has 0 amide bonds. The van der Waals surface area contributed by atoms with Crippen molar-refractivity contribution in [2.45, 2.75) is 55.9 Å². The van der Waals surface area contributed by atoms with Gasteiger partial charge in [0.1, 0.15) is 24.7 Å². The molecule has 0 radical (unpaired) electrons. The summed E-state index contributed by atoms with van der Waals surface area (Å²) in [5, 5.41) is 28.7. The highest BCUT2D eigenvalue weighted by Crippen LogP contribution is 2.42. The second kappa shape index (κ2) is 8.05. The highest BCUT2D eigenvalue weighted by molar-refractivity contribution is 5.78. The summed E-state index contributed by atoms with van der Waals surface area (Å²) in [7, 11) is 2.14. The Labute approximate surface area is 154 Å². The number of aliphatic hydroxyl groups is 3. The van der Waals surface area contributed by atoms with E-state index in [9.17, 15) is 20.1 Å². The molecule has 1 aromatic carbocycles. The smallest absolute Gasteiger partial charge is 0.316 e. The number of carbonyl (C=O) groups excluding carboxylic acids is 1. The SMILES string of the molecule is C[N+]1(CC(O)CO)C2CCC1CC(OC(=O)C(CO)c1ccccc1)C2. The summed E-state index contributed by atoms with van der Waals surface area (Å²) < 4.78 is 6.53. The first-order valence-corrected chi connectivity index (χ1v) is 9.48. The Morgan fingerprint density at radius 3 is 2.31 bits per heavy atom. The number of rotatable bonds is 7. The van der Waals surface area contributed by atoms with Crippen LogP contribution in [0.15, 0.2) is 30.3 Å². The average molecular weight is 364 g/mol. The molecule has 0 spiro atoms. The van der Waals surface area contributed by atoms with Crippen LogP contribution in [0, 0.1) is 0 Å². The summed E-state index contributed by atoms with van der Waals surface area (Å²) in [6.07, 6.45) is 2.78. The fourth-order valence-electron chi connectivity index (χ4n) is 4.85. The molecular weight excluding hydrogens is 334 g/mol. The lowest BCUT2D eigenvalue weighted by molar-refractivity contribution is -0.951. The fraction of sp³-hybridized carbons (Fsp3) is 0.650. The van der Waals surface area contributed by atoms with Gasteiger partial charge in [0.15, 0.2) is 0 Å². The summed E-state index contributed by atoms with van der Waals surface area (Å²) in [4.78, 5) is 12.6. The Morgan fingerprint density at radius 1 is 1.15 bits per heavy atom. The minimum absolute atomic E-state index is 0.143. The van der Waals surface area contributed by atoms with Crippen molar-refractivity contribution in [3.63, 3.8) is 0 Å². The number of aliphatic hydroxyl groups excluding tert-OH is 3. The Bertz CT molecular complexity index is 593. The maximum absolute atomic E-state index is 12.6. The van der Waals surface area contributed by atoms with E-state index < -0.39 is 12.0 Å². The molecule has 0 aromatic heterocycles. The molecule has 26 heavy (non-hydrogen) atoms. The summed E-state index contributed by atoms with van der Waals surface area (Å²) in [6, 6.07) is 9.90. The normalized spacial score (nSPS) is 32.8. The Morgan fingerprint density at radius 2 is 1.77 bits per heavy atom. The molecule has 2 heterocycles. The van der Waals surface area contributed by atoms with Crippen LogP contribution in [0.1, 0.15) is 37.2 Å². The van der Waals surface area contributed by atoms with Crippen molar-refractivity contribution in [2.75, 3.05) is 26.8 Å². The van der Waals surface area contributed by atoms with Crippen LogP contribution in [0.3, 0.4) is 0 Å². The number of ether oxygens (including phenoxy) is 1. The minimum atomic E-state index is -0.709. The van der Waals surface area contributed by atoms with Gasteiger partial charge in [0.2, 0.25) is 0 Å². The third kappa shape index (κ3) is 3.78. The van der Waals surface area contributed by atoms with E-state index in [0.29, 0.717) is 18.6 Å². The molecular formula is C20H30NO5+. The maximum Gasteiger partial charge on any atom is 0.316 e. The van der Waals surface area contributed by atoms with Gasteiger partial charge in [-0.05, 0) is 5.56 Å². The topological polar surface area (TPSA) is 87.0 Å². The van der Waals surface area contributed by atoms with E-state index in [4.69, 9.17) is 4.74 Å². The molecule has 2 aliphatic heterocycles. The van der Waals surface area contributed by atoms with Crippen molar-refractivity contribution in [2.24, 2.45) is 0 Å². The highest BCUT2D eigenvalue weighted by Gasteiger charge is 2.53. The van der Waals surface area contributed by atoms with Crippen molar-refractivity contribution in [3.05, 3.63) is 35.9 Å². The first-order valence-electron chi connectivity index (χ1n) is 9.48. The van der Waals surface area contributed by atoms with Gasteiger partial charge >= 0.3 is 5.97 Å². The molecule has 4 atom stereocenters. The number of likely N-dealkylation sites (N-methyl/N-ethyl adjacent to an activating group) is 1. The van der Waals surface area contributed by atoms with Crippen LogP contribution >= 0.6 is 0 Å². The molecule has 144 valence electrons. The number of hydrogen-bond acceptors (Lipinski definition) is 5. The number of carbonyl (C=O) groups is 1. The van der Waals surface area contributed by atoms with Crippen LogP contribution in [0.5, 0.6) is 0 Å². The Hall–Kier alpha value is -1.47. The van der Waals surface area contributed by atoms with Crippen molar-refractivity contribution < 1.29 is 29.3 Å². The Balaban J connectivity index is 1.63. The van der Waals surface area contributed by atoms with E-state index in [1.54, 1.807) is 0 Å². The lowest BCUT2D eigenvalue weighted by atomic mass is 9.95. The third-order valence-electron chi connectivity index (χ3n) is 6.34. The van der Waals surface area contributed by atoms with Crippen molar-refractivity contribution in [3.8, 4) is 0 Å². The number of esters is 1. The zero-order valence-corrected chi connectivity index (χ0v) is 15.3. The van der Waals surface area contributed by atoms with E-state index in [-0.39, 0.29) is 25.3 Å². The second-order valence-corrected chi connectivity index (χ2v) is 7.93. The molecule has 2 bridgehead atoms. The first-order chi connectivity index (χ1) is 12.5. The van der Waals surface area contributed by atoms with Gasteiger partial charge in [-0.3, -0.25) is 4.79 Å². The van der Waals surface area contributed by atoms with Gasteiger partial charge in [-0.15, -0.1) is 0 Å². The third-order valence-corrected chi connectivity index (χ3v) is 6.34. The predicted octanol–water partition coefficient (Wildman–Crippen LogP) is 0.799. The van der Waals surface area contributed by atoms with Crippen LogP contribution in [-0.4, -0.2) is 76.9 Å². The van der Waals surface area contributed by atoms with Crippen LogP contribution < -0.4 is 0 Å². The summed E-state index contributed by atoms with van der Waals surface area (Å²) in [6.45, 7) is 0.0512. The fourth-order valence-corrected chi connectivity index (χ4v) is 4.85. The quantitative estimate of drug-likeness (QED) is 0.492. The number of nitrogens with zero attached hydrogens (tertiary/aromatic N) is 1. The molecule has 4 unspecified atom stereocenters. The van der Waals surface area contributed by atoms with E-state index in [0.717, 1.165) is 35.7 Å². The van der Waals surface area contributed by atoms with E-state index in [1.165, 1.54) is 0 Å².